The first-order valence-electron chi connectivity index (χ1n) is 8.91. The Bertz CT molecular complexity index is 1220. The fraction of sp³-hybridized carbons (Fsp3) is 0.0870. The molecule has 5 nitrogen and oxygen atoms in total. The van der Waals surface area contributed by atoms with Crippen molar-refractivity contribution in [3.05, 3.63) is 93.9 Å². The van der Waals surface area contributed by atoms with Crippen LogP contribution in [0.15, 0.2) is 82.6 Å². The standard InChI is InChI=1S/C23H18ClNO4S/c1-28-23-14-17(10-11-22(23)29-16-18-6-5-7-19(24)12-18)13-21(15-25)30(26,27)20-8-3-2-4-9-20/h2-14H,16H2,1H3. The zero-order chi connectivity index (χ0) is 21.6. The summed E-state index contributed by atoms with van der Waals surface area (Å²) in [5.74, 6) is 0.902. The van der Waals surface area contributed by atoms with Crippen molar-refractivity contribution in [2.24, 2.45) is 0 Å². The third kappa shape index (κ3) is 5.01. The number of ether oxygens (including phenoxy) is 2. The van der Waals surface area contributed by atoms with Crippen LogP contribution in [-0.4, -0.2) is 15.5 Å². The van der Waals surface area contributed by atoms with Crippen LogP contribution in [0.1, 0.15) is 11.1 Å². The molecular formula is C23H18ClNO4S. The van der Waals surface area contributed by atoms with E-state index in [4.69, 9.17) is 21.1 Å². The largest absolute Gasteiger partial charge is 0.493 e. The molecule has 0 unspecified atom stereocenters. The van der Waals surface area contributed by atoms with Crippen LogP contribution >= 0.6 is 11.6 Å². The predicted octanol–water partition coefficient (Wildman–Crippen LogP) is 5.27. The summed E-state index contributed by atoms with van der Waals surface area (Å²) in [6.45, 7) is 0.290. The van der Waals surface area contributed by atoms with Crippen LogP contribution in [0.4, 0.5) is 0 Å². The summed E-state index contributed by atoms with van der Waals surface area (Å²) in [7, 11) is -2.43. The maximum atomic E-state index is 12.7. The summed E-state index contributed by atoms with van der Waals surface area (Å²) in [4.78, 5) is -0.297. The summed E-state index contributed by atoms with van der Waals surface area (Å²) in [6, 6.07) is 21.9. The Morgan fingerprint density at radius 3 is 2.47 bits per heavy atom. The summed E-state index contributed by atoms with van der Waals surface area (Å²) in [5.41, 5.74) is 1.40. The Balaban J connectivity index is 1.87. The second-order valence-corrected chi connectivity index (χ2v) is 8.62. The highest BCUT2D eigenvalue weighted by Crippen LogP contribution is 2.31. The first kappa shape index (κ1) is 21.4. The van der Waals surface area contributed by atoms with E-state index in [1.54, 1.807) is 54.6 Å². The summed E-state index contributed by atoms with van der Waals surface area (Å²) in [5, 5.41) is 10.1. The van der Waals surface area contributed by atoms with Crippen molar-refractivity contribution in [3.63, 3.8) is 0 Å². The van der Waals surface area contributed by atoms with Gasteiger partial charge in [0.2, 0.25) is 9.84 Å². The molecule has 3 aromatic rings. The smallest absolute Gasteiger partial charge is 0.216 e. The van der Waals surface area contributed by atoms with Crippen LogP contribution < -0.4 is 9.47 Å². The van der Waals surface area contributed by atoms with Crippen LogP contribution in [0.2, 0.25) is 5.02 Å². The Hall–Kier alpha value is -3.27. The van der Waals surface area contributed by atoms with Gasteiger partial charge in [-0.15, -0.1) is 0 Å². The van der Waals surface area contributed by atoms with E-state index in [2.05, 4.69) is 0 Å². The third-order valence-electron chi connectivity index (χ3n) is 4.22. The average Bonchev–Trinajstić information content (AvgIpc) is 2.76. The Kier molecular flexibility index (Phi) is 6.78. The normalized spacial score (nSPS) is 11.6. The van der Waals surface area contributed by atoms with E-state index in [1.807, 2.05) is 12.1 Å². The van der Waals surface area contributed by atoms with Gasteiger partial charge in [-0.2, -0.15) is 5.26 Å². The van der Waals surface area contributed by atoms with Gasteiger partial charge >= 0.3 is 0 Å². The molecule has 0 atom stereocenters. The van der Waals surface area contributed by atoms with Crippen LogP contribution in [0.3, 0.4) is 0 Å². The van der Waals surface area contributed by atoms with Crippen LogP contribution in [0.5, 0.6) is 11.5 Å². The molecule has 0 saturated carbocycles. The molecule has 0 bridgehead atoms. The van der Waals surface area contributed by atoms with Gasteiger partial charge in [-0.25, -0.2) is 8.42 Å². The van der Waals surface area contributed by atoms with Crippen molar-refractivity contribution in [1.82, 2.24) is 0 Å². The SMILES string of the molecule is COc1cc(C=C(C#N)S(=O)(=O)c2ccccc2)ccc1OCc1cccc(Cl)c1. The lowest BCUT2D eigenvalue weighted by molar-refractivity contribution is 0.284. The van der Waals surface area contributed by atoms with Crippen molar-refractivity contribution >= 4 is 27.5 Å². The first-order valence-corrected chi connectivity index (χ1v) is 10.8. The predicted molar refractivity (Wildman–Crippen MR) is 116 cm³/mol. The summed E-state index contributed by atoms with van der Waals surface area (Å²) < 4.78 is 36.6. The Morgan fingerprint density at radius 2 is 1.80 bits per heavy atom. The number of sulfone groups is 1. The zero-order valence-electron chi connectivity index (χ0n) is 16.1. The fourth-order valence-corrected chi connectivity index (χ4v) is 4.12. The molecule has 0 heterocycles. The number of hydrogen-bond donors (Lipinski definition) is 0. The lowest BCUT2D eigenvalue weighted by atomic mass is 10.2. The van der Waals surface area contributed by atoms with Crippen molar-refractivity contribution in [2.75, 3.05) is 7.11 Å². The minimum atomic E-state index is -3.91. The van der Waals surface area contributed by atoms with Gasteiger partial charge in [0, 0.05) is 5.02 Å². The van der Waals surface area contributed by atoms with E-state index in [0.29, 0.717) is 22.1 Å². The topological polar surface area (TPSA) is 76.4 Å². The highest BCUT2D eigenvalue weighted by molar-refractivity contribution is 7.95. The van der Waals surface area contributed by atoms with Crippen molar-refractivity contribution in [2.45, 2.75) is 11.5 Å². The number of nitriles is 1. The van der Waals surface area contributed by atoms with E-state index in [9.17, 15) is 13.7 Å². The Morgan fingerprint density at radius 1 is 1.03 bits per heavy atom. The van der Waals surface area contributed by atoms with Gasteiger partial charge in [-0.3, -0.25) is 0 Å². The lowest BCUT2D eigenvalue weighted by Crippen LogP contribution is -2.03. The number of hydrogen-bond acceptors (Lipinski definition) is 5. The highest BCUT2D eigenvalue weighted by Gasteiger charge is 2.20. The molecule has 152 valence electrons. The molecule has 30 heavy (non-hydrogen) atoms. The van der Waals surface area contributed by atoms with Crippen molar-refractivity contribution in [3.8, 4) is 17.6 Å². The highest BCUT2D eigenvalue weighted by atomic mass is 35.5. The number of methoxy groups -OCH3 is 1. The molecule has 3 rings (SSSR count). The van der Waals surface area contributed by atoms with Gasteiger partial charge in [-0.05, 0) is 53.6 Å². The maximum Gasteiger partial charge on any atom is 0.216 e. The molecule has 0 aliphatic carbocycles. The van der Waals surface area contributed by atoms with Gasteiger partial charge in [0.25, 0.3) is 0 Å². The average molecular weight is 440 g/mol. The molecule has 0 amide bonds. The first-order chi connectivity index (χ1) is 14.4. The minimum Gasteiger partial charge on any atom is -0.493 e. The van der Waals surface area contributed by atoms with Crippen LogP contribution in [0.25, 0.3) is 6.08 Å². The van der Waals surface area contributed by atoms with E-state index < -0.39 is 9.84 Å². The quantitative estimate of drug-likeness (QED) is 0.469. The zero-order valence-corrected chi connectivity index (χ0v) is 17.7. The van der Waals surface area contributed by atoms with Gasteiger partial charge in [-0.1, -0.05) is 48.0 Å². The van der Waals surface area contributed by atoms with Gasteiger partial charge in [0.1, 0.15) is 17.6 Å². The van der Waals surface area contributed by atoms with Crippen LogP contribution in [0, 0.1) is 11.3 Å². The molecule has 0 saturated heterocycles. The summed E-state index contributed by atoms with van der Waals surface area (Å²) in [6.07, 6.45) is 1.31. The fourth-order valence-electron chi connectivity index (χ4n) is 2.73. The Labute approximate surface area is 180 Å². The molecule has 0 fully saturated rings. The van der Waals surface area contributed by atoms with Crippen molar-refractivity contribution in [1.29, 1.82) is 5.26 Å². The molecule has 0 aliphatic heterocycles. The van der Waals surface area contributed by atoms with Gasteiger partial charge < -0.3 is 9.47 Å². The summed E-state index contributed by atoms with van der Waals surface area (Å²) >= 11 is 5.99. The third-order valence-corrected chi connectivity index (χ3v) is 6.14. The van der Waals surface area contributed by atoms with Gasteiger partial charge in [0.15, 0.2) is 11.5 Å². The minimum absolute atomic E-state index is 0.0613. The molecule has 0 aliphatic rings. The van der Waals surface area contributed by atoms with E-state index in [-0.39, 0.29) is 16.4 Å². The molecular weight excluding hydrogens is 422 g/mol. The van der Waals surface area contributed by atoms with E-state index >= 15 is 0 Å². The van der Waals surface area contributed by atoms with Crippen LogP contribution in [-0.2, 0) is 16.4 Å². The van der Waals surface area contributed by atoms with Gasteiger partial charge in [0.05, 0.1) is 12.0 Å². The monoisotopic (exact) mass is 439 g/mol. The molecule has 7 heteroatoms. The molecule has 3 aromatic carbocycles. The molecule has 0 spiro atoms. The molecule has 0 radical (unpaired) electrons. The number of allylic oxidation sites excluding steroid dienone is 1. The second-order valence-electron chi connectivity index (χ2n) is 6.27. The number of halogens is 1. The molecule has 0 aromatic heterocycles. The van der Waals surface area contributed by atoms with E-state index in [0.717, 1.165) is 5.56 Å². The number of benzene rings is 3. The van der Waals surface area contributed by atoms with Crippen molar-refractivity contribution < 1.29 is 17.9 Å². The second kappa shape index (κ2) is 9.49. The lowest BCUT2D eigenvalue weighted by Gasteiger charge is -2.12. The maximum absolute atomic E-state index is 12.7. The number of rotatable bonds is 7. The number of nitrogens with zero attached hydrogens (tertiary/aromatic N) is 1. The van der Waals surface area contributed by atoms with E-state index in [1.165, 1.54) is 25.3 Å². The molecule has 0 N–H and O–H groups in total.